The van der Waals surface area contributed by atoms with Crippen molar-refractivity contribution in [2.75, 3.05) is 20.3 Å². The highest BCUT2D eigenvalue weighted by Gasteiger charge is 2.58. The average molecular weight is 648 g/mol. The van der Waals surface area contributed by atoms with E-state index in [1.54, 1.807) is 10.9 Å². The summed E-state index contributed by atoms with van der Waals surface area (Å²) in [7, 11) is 1.37. The van der Waals surface area contributed by atoms with Crippen molar-refractivity contribution in [2.45, 2.75) is 43.0 Å². The molecule has 2 aromatic heterocycles. The summed E-state index contributed by atoms with van der Waals surface area (Å²) in [5.41, 5.74) is -1.39. The molecule has 1 aliphatic carbocycles. The van der Waals surface area contributed by atoms with Crippen LogP contribution in [0.4, 0.5) is 17.6 Å². The van der Waals surface area contributed by atoms with Crippen molar-refractivity contribution < 1.29 is 41.7 Å². The molecule has 4 aromatic rings. The molecule has 6 rings (SSSR count). The van der Waals surface area contributed by atoms with Crippen LogP contribution in [0.3, 0.4) is 0 Å². The fourth-order valence-corrected chi connectivity index (χ4v) is 5.42. The number of aliphatic hydroxyl groups is 1. The number of fused-ring (bicyclic) bond motifs is 2. The van der Waals surface area contributed by atoms with Crippen molar-refractivity contribution in [3.8, 4) is 22.8 Å². The second-order valence-corrected chi connectivity index (χ2v) is 11.7. The van der Waals surface area contributed by atoms with E-state index in [1.807, 2.05) is 0 Å². The predicted octanol–water partition coefficient (Wildman–Crippen LogP) is 4.55. The molecule has 15 heteroatoms. The third-order valence-corrected chi connectivity index (χ3v) is 8.51. The first-order valence-corrected chi connectivity index (χ1v) is 14.1. The summed E-state index contributed by atoms with van der Waals surface area (Å²) in [6.07, 6.45) is -1.79. The van der Waals surface area contributed by atoms with Crippen molar-refractivity contribution in [3.05, 3.63) is 70.3 Å². The molecule has 10 nitrogen and oxygen atoms in total. The van der Waals surface area contributed by atoms with Crippen LogP contribution < -0.4 is 20.5 Å². The SMILES string of the molecule is COc1cc(C(=O)NCC(O)(c2cc3c(c(-c4cccc(Cl)c4F)n2)OC[C@]3(C)C(N)=O)C(F)(F)F)cc2cn(C3CC3)nc12. The number of nitrogens with one attached hydrogen (secondary N) is 1. The fraction of sp³-hybridized carbons (Fsp3) is 0.333. The van der Waals surface area contributed by atoms with Gasteiger partial charge in [-0.3, -0.25) is 14.3 Å². The number of halogens is 5. The first-order valence-electron chi connectivity index (χ1n) is 13.7. The lowest BCUT2D eigenvalue weighted by molar-refractivity contribution is -0.265. The maximum absolute atomic E-state index is 15.2. The molecule has 0 bridgehead atoms. The van der Waals surface area contributed by atoms with Gasteiger partial charge >= 0.3 is 6.18 Å². The van der Waals surface area contributed by atoms with E-state index in [9.17, 15) is 27.9 Å². The molecular weight excluding hydrogens is 622 g/mol. The van der Waals surface area contributed by atoms with Crippen LogP contribution in [0.25, 0.3) is 22.2 Å². The Kier molecular flexibility index (Phi) is 7.20. The summed E-state index contributed by atoms with van der Waals surface area (Å²) in [6.45, 7) is -0.429. The number of pyridine rings is 1. The number of amides is 2. The molecule has 2 amide bonds. The van der Waals surface area contributed by atoms with Crippen LogP contribution in [-0.4, -0.2) is 58.1 Å². The summed E-state index contributed by atoms with van der Waals surface area (Å²) in [6, 6.07) is 7.63. The highest BCUT2D eigenvalue weighted by Crippen LogP contribution is 2.48. The monoisotopic (exact) mass is 647 g/mol. The molecule has 1 unspecified atom stereocenters. The van der Waals surface area contributed by atoms with Crippen LogP contribution in [0, 0.1) is 5.82 Å². The topological polar surface area (TPSA) is 142 Å². The van der Waals surface area contributed by atoms with Gasteiger partial charge in [0.25, 0.3) is 5.91 Å². The number of nitrogens with two attached hydrogens (primary N) is 1. The minimum atomic E-state index is -5.42. The quantitative estimate of drug-likeness (QED) is 0.238. The molecule has 0 saturated heterocycles. The smallest absolute Gasteiger partial charge is 0.424 e. The number of carbonyl (C=O) groups excluding carboxylic acids is 2. The van der Waals surface area contributed by atoms with Crippen molar-refractivity contribution in [2.24, 2.45) is 5.73 Å². The first kappa shape index (κ1) is 30.6. The van der Waals surface area contributed by atoms with Gasteiger partial charge in [-0.1, -0.05) is 17.7 Å². The second kappa shape index (κ2) is 10.6. The molecular formula is C30H26ClF4N5O5. The van der Waals surface area contributed by atoms with Crippen molar-refractivity contribution in [1.29, 1.82) is 0 Å². The summed E-state index contributed by atoms with van der Waals surface area (Å²) in [4.78, 5) is 29.7. The number of aromatic nitrogens is 3. The van der Waals surface area contributed by atoms with E-state index in [0.29, 0.717) is 10.9 Å². The van der Waals surface area contributed by atoms with Crippen LogP contribution in [-0.2, 0) is 15.8 Å². The molecule has 1 aliphatic heterocycles. The lowest BCUT2D eigenvalue weighted by Crippen LogP contribution is -2.51. The zero-order valence-corrected chi connectivity index (χ0v) is 24.6. The number of primary amides is 1. The summed E-state index contributed by atoms with van der Waals surface area (Å²) in [5, 5.41) is 18.1. The average Bonchev–Trinajstić information content (AvgIpc) is 3.66. The number of alkyl halides is 3. The molecule has 1 fully saturated rings. The minimum Gasteiger partial charge on any atom is -0.494 e. The molecule has 2 atom stereocenters. The lowest BCUT2D eigenvalue weighted by atomic mass is 9.81. The number of nitrogens with zero attached hydrogens (tertiary/aromatic N) is 3. The van der Waals surface area contributed by atoms with Gasteiger partial charge in [0, 0.05) is 28.3 Å². The molecule has 236 valence electrons. The molecule has 0 radical (unpaired) electrons. The van der Waals surface area contributed by atoms with Gasteiger partial charge in [-0.05, 0) is 50.1 Å². The number of benzene rings is 2. The minimum absolute atomic E-state index is 0.0440. The molecule has 1 saturated carbocycles. The van der Waals surface area contributed by atoms with Crippen molar-refractivity contribution in [1.82, 2.24) is 20.1 Å². The molecule has 2 aromatic carbocycles. The summed E-state index contributed by atoms with van der Waals surface area (Å²) in [5.74, 6) is -2.86. The van der Waals surface area contributed by atoms with E-state index in [0.717, 1.165) is 18.9 Å². The molecule has 4 N–H and O–H groups in total. The maximum atomic E-state index is 15.2. The zero-order chi connectivity index (χ0) is 32.5. The summed E-state index contributed by atoms with van der Waals surface area (Å²) < 4.78 is 72.1. The van der Waals surface area contributed by atoms with Gasteiger partial charge in [-0.2, -0.15) is 18.3 Å². The van der Waals surface area contributed by atoms with E-state index in [4.69, 9.17) is 26.8 Å². The predicted molar refractivity (Wildman–Crippen MR) is 154 cm³/mol. The number of hydrogen-bond acceptors (Lipinski definition) is 7. The molecule has 2 aliphatic rings. The van der Waals surface area contributed by atoms with Gasteiger partial charge in [0.05, 0.1) is 30.4 Å². The van der Waals surface area contributed by atoms with E-state index >= 15 is 4.39 Å². The maximum Gasteiger partial charge on any atom is 0.424 e. The number of carbonyl (C=O) groups is 2. The zero-order valence-electron chi connectivity index (χ0n) is 23.8. The normalized spacial score (nSPS) is 19.1. The largest absolute Gasteiger partial charge is 0.494 e. The fourth-order valence-electron chi connectivity index (χ4n) is 5.25. The molecule has 3 heterocycles. The third-order valence-electron chi connectivity index (χ3n) is 8.22. The van der Waals surface area contributed by atoms with E-state index in [2.05, 4.69) is 15.4 Å². The Bertz CT molecular complexity index is 1880. The van der Waals surface area contributed by atoms with Crippen molar-refractivity contribution in [3.63, 3.8) is 0 Å². The van der Waals surface area contributed by atoms with Gasteiger partial charge in [-0.25, -0.2) is 9.37 Å². The number of rotatable bonds is 8. The number of methoxy groups -OCH3 is 1. The number of ether oxygens (including phenoxy) is 2. The Hall–Kier alpha value is -4.43. The molecule has 45 heavy (non-hydrogen) atoms. The van der Waals surface area contributed by atoms with Gasteiger partial charge in [0.2, 0.25) is 11.5 Å². The van der Waals surface area contributed by atoms with Crippen LogP contribution >= 0.6 is 11.6 Å². The van der Waals surface area contributed by atoms with Crippen molar-refractivity contribution >= 4 is 34.3 Å². The highest BCUT2D eigenvalue weighted by molar-refractivity contribution is 6.31. The highest BCUT2D eigenvalue weighted by atomic mass is 35.5. The summed E-state index contributed by atoms with van der Waals surface area (Å²) >= 11 is 5.94. The first-order chi connectivity index (χ1) is 21.2. The van der Waals surface area contributed by atoms with Crippen LogP contribution in [0.5, 0.6) is 11.5 Å². The van der Waals surface area contributed by atoms with Gasteiger partial charge in [0.15, 0.2) is 5.82 Å². The van der Waals surface area contributed by atoms with Crippen LogP contribution in [0.1, 0.15) is 47.4 Å². The lowest BCUT2D eigenvalue weighted by Gasteiger charge is -2.31. The Morgan fingerprint density at radius 2 is 2.00 bits per heavy atom. The van der Waals surface area contributed by atoms with Gasteiger partial charge < -0.3 is 25.6 Å². The Morgan fingerprint density at radius 3 is 2.64 bits per heavy atom. The van der Waals surface area contributed by atoms with Crippen LogP contribution in [0.2, 0.25) is 5.02 Å². The van der Waals surface area contributed by atoms with Crippen LogP contribution in [0.15, 0.2) is 42.6 Å². The number of hydrogen-bond donors (Lipinski definition) is 3. The second-order valence-electron chi connectivity index (χ2n) is 11.3. The van der Waals surface area contributed by atoms with E-state index in [-0.39, 0.29) is 45.9 Å². The third kappa shape index (κ3) is 5.01. The van der Waals surface area contributed by atoms with E-state index in [1.165, 1.54) is 44.4 Å². The van der Waals surface area contributed by atoms with E-state index < -0.39 is 52.8 Å². The Morgan fingerprint density at radius 1 is 1.27 bits per heavy atom. The molecule has 0 spiro atoms. The Labute approximate surface area is 258 Å². The Balaban J connectivity index is 1.42. The van der Waals surface area contributed by atoms with Gasteiger partial charge in [0.1, 0.15) is 34.7 Å². The van der Waals surface area contributed by atoms with Gasteiger partial charge in [-0.15, -0.1) is 0 Å². The standard InChI is InChI=1S/C30H26ClF4N5O5/c1-28(27(36)42)13-45-25-18(28)10-21(38-24(25)17-4-3-5-19(31)22(17)32)29(43,30(33,34)35)12-37-26(41)14-8-15-11-40(16-6-7-16)39-23(15)20(9-14)44-2/h3-5,8-11,16,43H,6-7,12-13H2,1-2H3,(H2,36,42)(H,37,41)/t28-,29?/m0/s1.